The van der Waals surface area contributed by atoms with Crippen molar-refractivity contribution in [2.24, 2.45) is 5.73 Å². The quantitative estimate of drug-likeness (QED) is 0.342. The number of aryl methyl sites for hydroxylation is 1. The number of primary amides is 1. The molecule has 3 rings (SSSR count). The molecule has 0 bridgehead atoms. The molecular formula is C26H25F4N3O5. The average Bonchev–Trinajstić information content (AvgIpc) is 2.89. The number of halogens is 4. The third kappa shape index (κ3) is 6.38. The normalized spacial score (nSPS) is 12.9. The molecule has 4 N–H and O–H groups in total. The molecule has 1 atom stereocenters. The zero-order chi connectivity index (χ0) is 28.1. The van der Waals surface area contributed by atoms with Gasteiger partial charge in [-0.1, -0.05) is 6.92 Å². The van der Waals surface area contributed by atoms with E-state index in [1.165, 1.54) is 37.4 Å². The summed E-state index contributed by atoms with van der Waals surface area (Å²) in [5.74, 6) is -2.10. The summed E-state index contributed by atoms with van der Waals surface area (Å²) in [5.41, 5.74) is 1.56. The van der Waals surface area contributed by atoms with E-state index >= 15 is 0 Å². The number of nitrogens with zero attached hydrogens (tertiary/aromatic N) is 1. The van der Waals surface area contributed by atoms with Gasteiger partial charge in [0.25, 0.3) is 11.8 Å². The van der Waals surface area contributed by atoms with Gasteiger partial charge in [-0.15, -0.1) is 0 Å². The van der Waals surface area contributed by atoms with Crippen molar-refractivity contribution in [3.05, 3.63) is 77.2 Å². The Labute approximate surface area is 215 Å². The first kappa shape index (κ1) is 28.4. The second-order valence-corrected chi connectivity index (χ2v) is 8.27. The number of aromatic nitrogens is 1. The van der Waals surface area contributed by atoms with Gasteiger partial charge in [0.05, 0.1) is 25.0 Å². The molecule has 0 aliphatic rings. The van der Waals surface area contributed by atoms with Gasteiger partial charge in [-0.2, -0.15) is 13.2 Å². The number of amides is 2. The number of alkyl halides is 3. The molecule has 3 aromatic rings. The summed E-state index contributed by atoms with van der Waals surface area (Å²) in [4.78, 5) is 27.7. The Morgan fingerprint density at radius 3 is 2.32 bits per heavy atom. The number of ether oxygens (including phenoxy) is 2. The Bertz CT molecular complexity index is 1320. The molecule has 0 fully saturated rings. The van der Waals surface area contributed by atoms with Crippen LogP contribution in [0.1, 0.15) is 28.5 Å². The fraction of sp³-hybridized carbons (Fsp3) is 0.269. The van der Waals surface area contributed by atoms with Crippen LogP contribution in [0.3, 0.4) is 0 Å². The standard InChI is InChI=1S/C26H25F4N3O5/c1-3-15-10-19(16-4-7-18(27)8-5-16)33-22(11-15)25(36,26(28,29)30)14-32-24(35)17-6-9-20(21(12-17)37-2)38-13-23(31)34/h4-12,36H,3,13-14H2,1-2H3,(H2,31,34)(H,32,35). The summed E-state index contributed by atoms with van der Waals surface area (Å²) in [6, 6.07) is 11.4. The zero-order valence-electron chi connectivity index (χ0n) is 20.4. The van der Waals surface area contributed by atoms with Crippen molar-refractivity contribution in [3.63, 3.8) is 0 Å². The van der Waals surface area contributed by atoms with Crippen LogP contribution < -0.4 is 20.5 Å². The van der Waals surface area contributed by atoms with Crippen LogP contribution in [0.5, 0.6) is 11.5 Å². The SMILES string of the molecule is CCc1cc(-c2ccc(F)cc2)nc(C(O)(CNC(=O)c2ccc(OCC(N)=O)c(OC)c2)C(F)(F)F)c1. The monoisotopic (exact) mass is 535 g/mol. The van der Waals surface area contributed by atoms with E-state index in [1.807, 2.05) is 0 Å². The third-order valence-electron chi connectivity index (χ3n) is 5.63. The lowest BCUT2D eigenvalue weighted by molar-refractivity contribution is -0.265. The van der Waals surface area contributed by atoms with Crippen LogP contribution in [0.2, 0.25) is 0 Å². The van der Waals surface area contributed by atoms with E-state index in [0.29, 0.717) is 17.5 Å². The van der Waals surface area contributed by atoms with Gasteiger partial charge < -0.3 is 25.6 Å². The predicted molar refractivity (Wildman–Crippen MR) is 129 cm³/mol. The molecule has 0 saturated carbocycles. The summed E-state index contributed by atoms with van der Waals surface area (Å²) in [5, 5.41) is 13.0. The van der Waals surface area contributed by atoms with Gasteiger partial charge >= 0.3 is 6.18 Å². The lowest BCUT2D eigenvalue weighted by Gasteiger charge is -2.31. The van der Waals surface area contributed by atoms with Gasteiger partial charge in [0.15, 0.2) is 18.1 Å². The lowest BCUT2D eigenvalue weighted by Crippen LogP contribution is -2.51. The number of pyridine rings is 1. The van der Waals surface area contributed by atoms with E-state index in [1.54, 1.807) is 13.0 Å². The Balaban J connectivity index is 1.92. The molecule has 2 amide bonds. The highest BCUT2D eigenvalue weighted by atomic mass is 19.4. The minimum Gasteiger partial charge on any atom is -0.493 e. The number of aliphatic hydroxyl groups is 1. The van der Waals surface area contributed by atoms with Gasteiger partial charge in [-0.25, -0.2) is 9.37 Å². The van der Waals surface area contributed by atoms with Gasteiger partial charge in [0.1, 0.15) is 5.82 Å². The Morgan fingerprint density at radius 2 is 1.74 bits per heavy atom. The Morgan fingerprint density at radius 1 is 1.05 bits per heavy atom. The molecule has 2 aromatic carbocycles. The van der Waals surface area contributed by atoms with E-state index in [4.69, 9.17) is 15.2 Å². The first-order valence-corrected chi connectivity index (χ1v) is 11.3. The Hall–Kier alpha value is -4.19. The van der Waals surface area contributed by atoms with Gasteiger partial charge in [0.2, 0.25) is 5.60 Å². The topological polar surface area (TPSA) is 124 Å². The van der Waals surface area contributed by atoms with Gasteiger partial charge in [-0.3, -0.25) is 9.59 Å². The highest BCUT2D eigenvalue weighted by Crippen LogP contribution is 2.39. The number of nitrogens with two attached hydrogens (primary N) is 1. The van der Waals surface area contributed by atoms with Gasteiger partial charge in [-0.05, 0) is 66.6 Å². The molecule has 202 valence electrons. The largest absolute Gasteiger partial charge is 0.493 e. The molecule has 0 saturated heterocycles. The zero-order valence-corrected chi connectivity index (χ0v) is 20.4. The first-order valence-electron chi connectivity index (χ1n) is 11.3. The highest BCUT2D eigenvalue weighted by Gasteiger charge is 2.56. The van der Waals surface area contributed by atoms with Crippen molar-refractivity contribution in [1.29, 1.82) is 0 Å². The molecule has 12 heteroatoms. The number of rotatable bonds is 10. The van der Waals surface area contributed by atoms with Crippen molar-refractivity contribution in [2.45, 2.75) is 25.1 Å². The minimum absolute atomic E-state index is 0.0336. The van der Waals surface area contributed by atoms with E-state index in [0.717, 1.165) is 18.2 Å². The van der Waals surface area contributed by atoms with E-state index in [2.05, 4.69) is 10.3 Å². The van der Waals surface area contributed by atoms with Crippen molar-refractivity contribution in [2.75, 3.05) is 20.3 Å². The first-order chi connectivity index (χ1) is 17.9. The van der Waals surface area contributed by atoms with Crippen molar-refractivity contribution in [3.8, 4) is 22.8 Å². The van der Waals surface area contributed by atoms with E-state index in [-0.39, 0.29) is 22.8 Å². The molecule has 1 aromatic heterocycles. The molecular weight excluding hydrogens is 510 g/mol. The minimum atomic E-state index is -5.22. The number of hydrogen-bond donors (Lipinski definition) is 3. The highest BCUT2D eigenvalue weighted by molar-refractivity contribution is 5.95. The maximum Gasteiger partial charge on any atom is 0.424 e. The molecule has 0 aliphatic carbocycles. The van der Waals surface area contributed by atoms with Crippen LogP contribution in [-0.4, -0.2) is 48.3 Å². The van der Waals surface area contributed by atoms with Crippen LogP contribution in [0.15, 0.2) is 54.6 Å². The number of nitrogens with one attached hydrogen (secondary N) is 1. The molecule has 0 aliphatic heterocycles. The maximum absolute atomic E-state index is 14.2. The van der Waals surface area contributed by atoms with Crippen LogP contribution >= 0.6 is 0 Å². The number of methoxy groups -OCH3 is 1. The summed E-state index contributed by atoms with van der Waals surface area (Å²) >= 11 is 0. The van der Waals surface area contributed by atoms with Crippen molar-refractivity contribution in [1.82, 2.24) is 10.3 Å². The van der Waals surface area contributed by atoms with E-state index < -0.39 is 48.3 Å². The van der Waals surface area contributed by atoms with Crippen LogP contribution in [-0.2, 0) is 16.8 Å². The summed E-state index contributed by atoms with van der Waals surface area (Å²) in [7, 11) is 1.27. The fourth-order valence-corrected chi connectivity index (χ4v) is 3.49. The molecule has 38 heavy (non-hydrogen) atoms. The second kappa shape index (κ2) is 11.5. The summed E-state index contributed by atoms with van der Waals surface area (Å²) < 4.78 is 66.3. The van der Waals surface area contributed by atoms with Crippen molar-refractivity contribution >= 4 is 11.8 Å². The third-order valence-corrected chi connectivity index (χ3v) is 5.63. The number of hydrogen-bond acceptors (Lipinski definition) is 6. The summed E-state index contributed by atoms with van der Waals surface area (Å²) in [6.07, 6.45) is -4.89. The predicted octanol–water partition coefficient (Wildman–Crippen LogP) is 3.50. The van der Waals surface area contributed by atoms with Crippen molar-refractivity contribution < 1.29 is 41.7 Å². The second-order valence-electron chi connectivity index (χ2n) is 8.27. The Kier molecular flexibility index (Phi) is 8.56. The van der Waals surface area contributed by atoms with E-state index in [9.17, 15) is 32.3 Å². The maximum atomic E-state index is 14.2. The smallest absolute Gasteiger partial charge is 0.424 e. The molecule has 1 unspecified atom stereocenters. The number of carbonyl (C=O) groups is 2. The van der Waals surface area contributed by atoms with Gasteiger partial charge in [0, 0.05) is 11.1 Å². The van der Waals surface area contributed by atoms with Crippen LogP contribution in [0.25, 0.3) is 11.3 Å². The number of benzene rings is 2. The lowest BCUT2D eigenvalue weighted by atomic mass is 9.94. The molecule has 0 radical (unpaired) electrons. The fourth-order valence-electron chi connectivity index (χ4n) is 3.49. The van der Waals surface area contributed by atoms with Crippen LogP contribution in [0.4, 0.5) is 17.6 Å². The molecule has 1 heterocycles. The summed E-state index contributed by atoms with van der Waals surface area (Å²) in [6.45, 7) is 0.0109. The average molecular weight is 535 g/mol. The van der Waals surface area contributed by atoms with Crippen LogP contribution in [0, 0.1) is 5.82 Å². The molecule has 0 spiro atoms. The molecule has 8 nitrogen and oxygen atoms in total. The number of carbonyl (C=O) groups excluding carboxylic acids is 2.